The van der Waals surface area contributed by atoms with Gasteiger partial charge in [0.05, 0.1) is 12.4 Å². The third-order valence-electron chi connectivity index (χ3n) is 6.86. The monoisotopic (exact) mass is 506 g/mol. The molecule has 0 spiro atoms. The van der Waals surface area contributed by atoms with Crippen LogP contribution in [-0.2, 0) is 44.9 Å². The highest BCUT2D eigenvalue weighted by molar-refractivity contribution is 5.87. The summed E-state index contributed by atoms with van der Waals surface area (Å²) in [5, 5.41) is 8.21. The first-order chi connectivity index (χ1) is 17.8. The number of aryl methyl sites for hydroxylation is 4. The topological polar surface area (TPSA) is 135 Å². The van der Waals surface area contributed by atoms with Crippen LogP contribution in [0, 0.1) is 0 Å². The third-order valence-corrected chi connectivity index (χ3v) is 6.86. The van der Waals surface area contributed by atoms with Crippen molar-refractivity contribution in [3.8, 4) is 0 Å². The number of amides is 4. The molecule has 0 aliphatic rings. The van der Waals surface area contributed by atoms with E-state index in [-0.39, 0.29) is 0 Å². The smallest absolute Gasteiger partial charge is 0.332 e. The fourth-order valence-corrected chi connectivity index (χ4v) is 5.13. The lowest BCUT2D eigenvalue weighted by atomic mass is 9.81. The van der Waals surface area contributed by atoms with Crippen molar-refractivity contribution in [2.45, 2.75) is 86.5 Å². The van der Waals surface area contributed by atoms with Crippen molar-refractivity contribution < 1.29 is 9.59 Å². The number of rotatable bonds is 12. The van der Waals surface area contributed by atoms with Gasteiger partial charge >= 0.3 is 12.1 Å². The normalized spacial score (nSPS) is 11.4. The number of carbonyl (C=O) groups is 2. The highest BCUT2D eigenvalue weighted by Gasteiger charge is 2.20. The first kappa shape index (κ1) is 29.5. The molecule has 6 N–H and O–H groups in total. The predicted octanol–water partition coefficient (Wildman–Crippen LogP) is 4.66. The minimum absolute atomic E-state index is 0.686. The molecule has 0 saturated carbocycles. The van der Waals surface area contributed by atoms with Crippen molar-refractivity contribution in [3.05, 3.63) is 67.8 Å². The molecule has 0 aromatic heterocycles. The quantitative estimate of drug-likeness (QED) is 0.246. The Bertz CT molecular complexity index is 1090. The maximum Gasteiger partial charge on any atom is 0.332 e. The fraction of sp³-hybridized carbons (Fsp3) is 0.448. The van der Waals surface area contributed by atoms with Crippen LogP contribution >= 0.6 is 0 Å². The van der Waals surface area contributed by atoms with Gasteiger partial charge in [-0.05, 0) is 89.5 Å². The zero-order chi connectivity index (χ0) is 27.5. The molecule has 0 bridgehead atoms. The van der Waals surface area contributed by atoms with Crippen LogP contribution in [-0.4, -0.2) is 24.5 Å². The van der Waals surface area contributed by atoms with Crippen molar-refractivity contribution in [1.29, 1.82) is 0 Å². The summed E-state index contributed by atoms with van der Waals surface area (Å²) < 4.78 is 0. The molecule has 0 unspecified atom stereocenters. The molecule has 0 saturated heterocycles. The molecular weight excluding hydrogens is 464 g/mol. The van der Waals surface area contributed by atoms with Crippen LogP contribution in [0.25, 0.3) is 0 Å². The second-order valence-electron chi connectivity index (χ2n) is 8.90. The van der Waals surface area contributed by atoms with Crippen LogP contribution in [0.2, 0.25) is 0 Å². The lowest BCUT2D eigenvalue weighted by Gasteiger charge is -2.24. The van der Waals surface area contributed by atoms with Gasteiger partial charge in [0.15, 0.2) is 0 Å². The molecule has 8 heteroatoms. The van der Waals surface area contributed by atoms with Gasteiger partial charge in [-0.1, -0.05) is 53.7 Å². The summed E-state index contributed by atoms with van der Waals surface area (Å²) >= 11 is 0. The molecule has 37 heavy (non-hydrogen) atoms. The van der Waals surface area contributed by atoms with Gasteiger partial charge in [0.25, 0.3) is 0 Å². The van der Waals surface area contributed by atoms with E-state index in [4.69, 9.17) is 11.5 Å². The SMILES string of the molecule is CCc1cc(CC)c(Cc2c(CC)cc(CC)c(C=NNC(N)=O)c2CC)c(CC)c1C=NNC(N)=O. The van der Waals surface area contributed by atoms with Gasteiger partial charge in [0.1, 0.15) is 0 Å². The Morgan fingerprint density at radius 2 is 0.973 bits per heavy atom. The number of hydrogen-bond donors (Lipinski definition) is 4. The number of nitrogens with zero attached hydrogens (tertiary/aromatic N) is 2. The van der Waals surface area contributed by atoms with Gasteiger partial charge in [0.2, 0.25) is 0 Å². The summed E-state index contributed by atoms with van der Waals surface area (Å²) in [6, 6.07) is 3.18. The Kier molecular flexibility index (Phi) is 11.3. The molecule has 2 aromatic carbocycles. The minimum atomic E-state index is -0.686. The van der Waals surface area contributed by atoms with Crippen LogP contribution in [0.1, 0.15) is 97.2 Å². The Morgan fingerprint density at radius 1 is 0.622 bits per heavy atom. The van der Waals surface area contributed by atoms with Gasteiger partial charge in [-0.3, -0.25) is 0 Å². The second kappa shape index (κ2) is 14.2. The zero-order valence-electron chi connectivity index (χ0n) is 23.1. The Morgan fingerprint density at radius 3 is 1.24 bits per heavy atom. The maximum atomic E-state index is 11.2. The van der Waals surface area contributed by atoms with Crippen molar-refractivity contribution >= 4 is 24.5 Å². The first-order valence-electron chi connectivity index (χ1n) is 13.3. The summed E-state index contributed by atoms with van der Waals surface area (Å²) in [7, 11) is 0. The maximum absolute atomic E-state index is 11.2. The van der Waals surface area contributed by atoms with Gasteiger partial charge in [-0.15, -0.1) is 0 Å². The van der Waals surface area contributed by atoms with Crippen LogP contribution < -0.4 is 22.3 Å². The molecule has 8 nitrogen and oxygen atoms in total. The molecular formula is C29H42N6O2. The first-order valence-corrected chi connectivity index (χ1v) is 13.3. The summed E-state index contributed by atoms with van der Waals surface area (Å²) in [4.78, 5) is 22.4. The van der Waals surface area contributed by atoms with Crippen LogP contribution in [0.4, 0.5) is 9.59 Å². The lowest BCUT2D eigenvalue weighted by Crippen LogP contribution is -2.24. The van der Waals surface area contributed by atoms with Crippen molar-refractivity contribution in [2.24, 2.45) is 21.7 Å². The fourth-order valence-electron chi connectivity index (χ4n) is 5.13. The Balaban J connectivity index is 2.82. The van der Waals surface area contributed by atoms with E-state index in [1.54, 1.807) is 12.4 Å². The van der Waals surface area contributed by atoms with Crippen molar-refractivity contribution in [2.75, 3.05) is 0 Å². The molecule has 0 heterocycles. The molecule has 0 fully saturated rings. The molecule has 200 valence electrons. The summed E-state index contributed by atoms with van der Waals surface area (Å²) in [6.07, 6.45) is 9.44. The standard InChI is InChI=1S/C29H42N6O2/c1-7-18-13-20(9-3)26(16-32-34-28(30)36)22(11-5)24(18)15-25-19(8-2)14-21(10-4)27(23(25)12-6)17-33-35-29(31)37/h13-14,16-17H,7-12,15H2,1-6H3,(H3,30,34,36)(H3,31,35,37). The number of nitrogens with two attached hydrogens (primary N) is 2. The number of carbonyl (C=O) groups excluding carboxylic acids is 2. The van der Waals surface area contributed by atoms with Gasteiger partial charge < -0.3 is 11.5 Å². The molecule has 0 aliphatic carbocycles. The predicted molar refractivity (Wildman–Crippen MR) is 153 cm³/mol. The summed E-state index contributed by atoms with van der Waals surface area (Å²) in [6.45, 7) is 13.0. The van der Waals surface area contributed by atoms with Crippen LogP contribution in [0.5, 0.6) is 0 Å². The summed E-state index contributed by atoms with van der Waals surface area (Å²) in [5.41, 5.74) is 27.3. The summed E-state index contributed by atoms with van der Waals surface area (Å²) in [5.74, 6) is 0. The molecule has 0 atom stereocenters. The molecule has 2 aromatic rings. The highest BCUT2D eigenvalue weighted by atomic mass is 16.2. The van der Waals surface area contributed by atoms with Gasteiger partial charge in [-0.25, -0.2) is 20.4 Å². The molecule has 4 amide bonds. The number of nitrogens with one attached hydrogen (secondary N) is 2. The van der Waals surface area contributed by atoms with Gasteiger partial charge in [0, 0.05) is 11.1 Å². The van der Waals surface area contributed by atoms with E-state index in [0.717, 1.165) is 56.1 Å². The molecule has 0 radical (unpaired) electrons. The number of urea groups is 2. The van der Waals surface area contributed by atoms with Crippen LogP contribution in [0.15, 0.2) is 22.3 Å². The van der Waals surface area contributed by atoms with E-state index in [0.29, 0.717) is 0 Å². The lowest BCUT2D eigenvalue weighted by molar-refractivity contribution is 0.248. The number of hydrazone groups is 2. The minimum Gasteiger partial charge on any atom is -0.350 e. The average Bonchev–Trinajstić information content (AvgIpc) is 2.88. The Hall–Kier alpha value is -3.68. The van der Waals surface area contributed by atoms with Gasteiger partial charge in [-0.2, -0.15) is 10.2 Å². The van der Waals surface area contributed by atoms with E-state index in [1.807, 2.05) is 0 Å². The van der Waals surface area contributed by atoms with Crippen molar-refractivity contribution in [1.82, 2.24) is 10.9 Å². The zero-order valence-corrected chi connectivity index (χ0v) is 23.1. The number of benzene rings is 2. The molecule has 2 rings (SSSR count). The van der Waals surface area contributed by atoms with Crippen molar-refractivity contribution in [3.63, 3.8) is 0 Å². The van der Waals surface area contributed by atoms with E-state index >= 15 is 0 Å². The number of hydrogen-bond acceptors (Lipinski definition) is 4. The number of primary amides is 2. The van der Waals surface area contributed by atoms with E-state index in [2.05, 4.69) is 74.7 Å². The largest absolute Gasteiger partial charge is 0.350 e. The van der Waals surface area contributed by atoms with E-state index in [9.17, 15) is 9.59 Å². The second-order valence-corrected chi connectivity index (χ2v) is 8.90. The van der Waals surface area contributed by atoms with Crippen LogP contribution in [0.3, 0.4) is 0 Å². The Labute approximate surface area is 221 Å². The third kappa shape index (κ3) is 7.18. The van der Waals surface area contributed by atoms with E-state index in [1.165, 1.54) is 44.5 Å². The molecule has 0 aliphatic heterocycles. The average molecular weight is 507 g/mol. The van der Waals surface area contributed by atoms with E-state index < -0.39 is 12.1 Å². The highest BCUT2D eigenvalue weighted by Crippen LogP contribution is 2.32.